The second-order valence-electron chi connectivity index (χ2n) is 3.98. The average Bonchev–Trinajstić information content (AvgIpc) is 2.88. The van der Waals surface area contributed by atoms with Crippen LogP contribution in [0, 0.1) is 0 Å². The van der Waals surface area contributed by atoms with Crippen molar-refractivity contribution in [1.29, 1.82) is 0 Å². The molecule has 0 aliphatic rings. The Labute approximate surface area is 108 Å². The van der Waals surface area contributed by atoms with Crippen LogP contribution in [0.1, 0.15) is 0 Å². The number of benzene rings is 1. The fourth-order valence-corrected chi connectivity index (χ4v) is 1.68. The predicted octanol–water partition coefficient (Wildman–Crippen LogP) is 2.09. The van der Waals surface area contributed by atoms with Crippen molar-refractivity contribution in [2.24, 2.45) is 0 Å². The molecule has 6 heteroatoms. The first-order valence-corrected chi connectivity index (χ1v) is 5.56. The lowest BCUT2D eigenvalue weighted by atomic mass is 10.2. The van der Waals surface area contributed by atoms with E-state index in [4.69, 9.17) is 10.3 Å². The van der Waals surface area contributed by atoms with Crippen LogP contribution >= 0.6 is 0 Å². The largest absolute Gasteiger partial charge is 0.508 e. The lowest BCUT2D eigenvalue weighted by Gasteiger charge is -1.95. The molecule has 3 N–H and O–H groups in total. The fourth-order valence-electron chi connectivity index (χ4n) is 1.68. The standard InChI is InChI=1S/C13H10N4O2/c14-10-4-9(6-15-7-10)13-16-12(17-19-13)8-2-1-3-11(18)5-8/h1-7,18H,14H2. The summed E-state index contributed by atoms with van der Waals surface area (Å²) in [5, 5.41) is 13.3. The van der Waals surface area contributed by atoms with Crippen LogP contribution in [0.3, 0.4) is 0 Å². The summed E-state index contributed by atoms with van der Waals surface area (Å²) in [7, 11) is 0. The number of nitrogen functional groups attached to an aromatic ring is 1. The third-order valence-corrected chi connectivity index (χ3v) is 2.54. The molecule has 0 atom stereocenters. The van der Waals surface area contributed by atoms with Gasteiger partial charge in [-0.3, -0.25) is 4.98 Å². The molecular formula is C13H10N4O2. The molecule has 0 fully saturated rings. The number of anilines is 1. The highest BCUT2D eigenvalue weighted by Crippen LogP contribution is 2.24. The Bertz CT molecular complexity index is 664. The number of phenols is 1. The van der Waals surface area contributed by atoms with Gasteiger partial charge in [-0.15, -0.1) is 0 Å². The second-order valence-corrected chi connectivity index (χ2v) is 3.98. The predicted molar refractivity (Wildman–Crippen MR) is 69.0 cm³/mol. The van der Waals surface area contributed by atoms with Crippen molar-refractivity contribution in [3.05, 3.63) is 42.7 Å². The van der Waals surface area contributed by atoms with Gasteiger partial charge in [0, 0.05) is 18.0 Å². The van der Waals surface area contributed by atoms with E-state index >= 15 is 0 Å². The number of aromatic hydroxyl groups is 1. The van der Waals surface area contributed by atoms with E-state index in [1.165, 1.54) is 6.20 Å². The van der Waals surface area contributed by atoms with E-state index in [-0.39, 0.29) is 5.75 Å². The van der Waals surface area contributed by atoms with E-state index in [9.17, 15) is 5.11 Å². The summed E-state index contributed by atoms with van der Waals surface area (Å²) in [6, 6.07) is 8.33. The number of hydrogen-bond acceptors (Lipinski definition) is 6. The molecule has 0 unspecified atom stereocenters. The van der Waals surface area contributed by atoms with Gasteiger partial charge in [-0.25, -0.2) is 0 Å². The van der Waals surface area contributed by atoms with E-state index in [0.717, 1.165) is 0 Å². The molecule has 0 spiro atoms. The zero-order valence-corrected chi connectivity index (χ0v) is 9.82. The molecule has 0 saturated heterocycles. The van der Waals surface area contributed by atoms with Crippen LogP contribution in [-0.4, -0.2) is 20.2 Å². The van der Waals surface area contributed by atoms with Crippen molar-refractivity contribution >= 4 is 5.69 Å². The Morgan fingerprint density at radius 1 is 1.11 bits per heavy atom. The van der Waals surface area contributed by atoms with Gasteiger partial charge >= 0.3 is 0 Å². The van der Waals surface area contributed by atoms with E-state index in [1.54, 1.807) is 36.5 Å². The van der Waals surface area contributed by atoms with Gasteiger partial charge in [-0.05, 0) is 18.2 Å². The maximum atomic E-state index is 9.42. The number of nitrogens with two attached hydrogens (primary N) is 1. The molecule has 0 radical (unpaired) electrons. The molecule has 19 heavy (non-hydrogen) atoms. The molecule has 2 aromatic heterocycles. The zero-order chi connectivity index (χ0) is 13.2. The number of rotatable bonds is 2. The maximum Gasteiger partial charge on any atom is 0.259 e. The smallest absolute Gasteiger partial charge is 0.259 e. The van der Waals surface area contributed by atoms with E-state index in [2.05, 4.69) is 15.1 Å². The number of phenolic OH excluding ortho intramolecular Hbond substituents is 1. The SMILES string of the molecule is Nc1cncc(-c2nc(-c3cccc(O)c3)no2)c1. The number of hydrogen-bond donors (Lipinski definition) is 2. The number of nitrogens with zero attached hydrogens (tertiary/aromatic N) is 3. The Morgan fingerprint density at radius 3 is 2.79 bits per heavy atom. The molecule has 0 bridgehead atoms. The first kappa shape index (κ1) is 11.2. The Hall–Kier alpha value is -2.89. The summed E-state index contributed by atoms with van der Waals surface area (Å²) < 4.78 is 5.16. The van der Waals surface area contributed by atoms with Crippen molar-refractivity contribution in [3.63, 3.8) is 0 Å². The van der Waals surface area contributed by atoms with Gasteiger partial charge in [-0.2, -0.15) is 4.98 Å². The van der Waals surface area contributed by atoms with Gasteiger partial charge in [0.2, 0.25) is 5.82 Å². The Balaban J connectivity index is 2.00. The van der Waals surface area contributed by atoms with Gasteiger partial charge in [0.25, 0.3) is 5.89 Å². The zero-order valence-electron chi connectivity index (χ0n) is 9.82. The highest BCUT2D eigenvalue weighted by molar-refractivity contribution is 5.62. The van der Waals surface area contributed by atoms with Gasteiger partial charge in [0.05, 0.1) is 11.3 Å². The maximum absolute atomic E-state index is 9.42. The van der Waals surface area contributed by atoms with Crippen molar-refractivity contribution in [3.8, 4) is 28.6 Å². The monoisotopic (exact) mass is 254 g/mol. The van der Waals surface area contributed by atoms with Gasteiger partial charge in [0.1, 0.15) is 5.75 Å². The van der Waals surface area contributed by atoms with Crippen LogP contribution in [0.4, 0.5) is 5.69 Å². The van der Waals surface area contributed by atoms with Crippen LogP contribution < -0.4 is 5.73 Å². The molecule has 2 heterocycles. The second kappa shape index (κ2) is 4.41. The van der Waals surface area contributed by atoms with Crippen molar-refractivity contribution in [2.75, 3.05) is 5.73 Å². The van der Waals surface area contributed by atoms with E-state index in [0.29, 0.717) is 28.5 Å². The molecule has 0 aliphatic carbocycles. The number of pyridine rings is 1. The molecule has 0 aliphatic heterocycles. The summed E-state index contributed by atoms with van der Waals surface area (Å²) >= 11 is 0. The number of aromatic nitrogens is 3. The molecular weight excluding hydrogens is 244 g/mol. The summed E-state index contributed by atoms with van der Waals surface area (Å²) in [5.41, 5.74) is 7.50. The van der Waals surface area contributed by atoms with Gasteiger partial charge in [-0.1, -0.05) is 17.3 Å². The minimum absolute atomic E-state index is 0.148. The summed E-state index contributed by atoms with van der Waals surface area (Å²) in [5.74, 6) is 0.876. The minimum atomic E-state index is 0.148. The molecule has 0 saturated carbocycles. The van der Waals surface area contributed by atoms with Crippen molar-refractivity contribution < 1.29 is 9.63 Å². The highest BCUT2D eigenvalue weighted by atomic mass is 16.5. The Kier molecular flexibility index (Phi) is 2.60. The van der Waals surface area contributed by atoms with E-state index in [1.807, 2.05) is 0 Å². The lowest BCUT2D eigenvalue weighted by molar-refractivity contribution is 0.432. The first-order chi connectivity index (χ1) is 9.22. The summed E-state index contributed by atoms with van der Waals surface area (Å²) in [6.07, 6.45) is 3.13. The summed E-state index contributed by atoms with van der Waals surface area (Å²) in [4.78, 5) is 8.21. The average molecular weight is 254 g/mol. The summed E-state index contributed by atoms with van der Waals surface area (Å²) in [6.45, 7) is 0. The highest BCUT2D eigenvalue weighted by Gasteiger charge is 2.11. The molecule has 94 valence electrons. The van der Waals surface area contributed by atoms with Crippen molar-refractivity contribution in [1.82, 2.24) is 15.1 Å². The fraction of sp³-hybridized carbons (Fsp3) is 0. The van der Waals surface area contributed by atoms with Crippen LogP contribution in [0.25, 0.3) is 22.8 Å². The molecule has 3 aromatic rings. The third kappa shape index (κ3) is 2.23. The minimum Gasteiger partial charge on any atom is -0.508 e. The normalized spacial score (nSPS) is 10.5. The quantitative estimate of drug-likeness (QED) is 0.726. The molecule has 1 aromatic carbocycles. The lowest BCUT2D eigenvalue weighted by Crippen LogP contribution is -1.87. The van der Waals surface area contributed by atoms with Crippen LogP contribution in [0.5, 0.6) is 5.75 Å². The molecule has 3 rings (SSSR count). The van der Waals surface area contributed by atoms with Crippen LogP contribution in [0.15, 0.2) is 47.2 Å². The topological polar surface area (TPSA) is 98.1 Å². The van der Waals surface area contributed by atoms with Crippen LogP contribution in [0.2, 0.25) is 0 Å². The molecule has 0 amide bonds. The van der Waals surface area contributed by atoms with Gasteiger partial charge in [0.15, 0.2) is 0 Å². The Morgan fingerprint density at radius 2 is 2.00 bits per heavy atom. The van der Waals surface area contributed by atoms with Crippen LogP contribution in [-0.2, 0) is 0 Å². The first-order valence-electron chi connectivity index (χ1n) is 5.56. The third-order valence-electron chi connectivity index (χ3n) is 2.54. The van der Waals surface area contributed by atoms with Crippen molar-refractivity contribution in [2.45, 2.75) is 0 Å². The molecule has 6 nitrogen and oxygen atoms in total. The van der Waals surface area contributed by atoms with E-state index < -0.39 is 0 Å². The van der Waals surface area contributed by atoms with Gasteiger partial charge < -0.3 is 15.4 Å².